The molecule has 3 nitrogen and oxygen atoms in total. The van der Waals surface area contributed by atoms with E-state index in [4.69, 9.17) is 9.47 Å². The number of carbonyl (C=O) groups is 1. The van der Waals surface area contributed by atoms with Gasteiger partial charge in [-0.15, -0.1) is 0 Å². The van der Waals surface area contributed by atoms with Crippen LogP contribution in [0.3, 0.4) is 0 Å². The molecule has 0 fully saturated rings. The molecule has 0 radical (unpaired) electrons. The lowest BCUT2D eigenvalue weighted by molar-refractivity contribution is 0.101. The van der Waals surface area contributed by atoms with E-state index in [0.717, 1.165) is 6.42 Å². The molecule has 0 N–H and O–H groups in total. The number of hydrogen-bond donors (Lipinski definition) is 0. The molecule has 0 bridgehead atoms. The predicted octanol–water partition coefficient (Wildman–Crippen LogP) is 2.69. The molecule has 0 saturated carbocycles. The van der Waals surface area contributed by atoms with Crippen molar-refractivity contribution >= 4 is 5.78 Å². The van der Waals surface area contributed by atoms with Gasteiger partial charge in [0.05, 0.1) is 19.3 Å². The summed E-state index contributed by atoms with van der Waals surface area (Å²) < 4.78 is 10.7. The Morgan fingerprint density at radius 2 is 2.13 bits per heavy atom. The molecule has 0 heterocycles. The lowest BCUT2D eigenvalue weighted by atomic mass is 10.1. The first-order valence-corrected chi connectivity index (χ1v) is 5.01. The summed E-state index contributed by atoms with van der Waals surface area (Å²) >= 11 is 0. The number of methoxy groups -OCH3 is 1. The van der Waals surface area contributed by atoms with Crippen LogP contribution in [0.2, 0.25) is 0 Å². The van der Waals surface area contributed by atoms with E-state index in [0.29, 0.717) is 23.7 Å². The van der Waals surface area contributed by atoms with Crippen molar-refractivity contribution < 1.29 is 14.3 Å². The summed E-state index contributed by atoms with van der Waals surface area (Å²) in [5, 5.41) is 0. The Morgan fingerprint density at radius 3 is 2.67 bits per heavy atom. The molecule has 0 unspecified atom stereocenters. The maximum atomic E-state index is 11.3. The zero-order valence-electron chi connectivity index (χ0n) is 9.37. The van der Waals surface area contributed by atoms with Gasteiger partial charge >= 0.3 is 0 Å². The third kappa shape index (κ3) is 2.72. The van der Waals surface area contributed by atoms with Crippen LogP contribution >= 0.6 is 0 Å². The summed E-state index contributed by atoms with van der Waals surface area (Å²) in [6.45, 7) is 4.17. The fraction of sp³-hybridized carbons (Fsp3) is 0.417. The SMILES string of the molecule is CCCOc1cccc(C(C)=O)c1OC. The second-order valence-electron chi connectivity index (χ2n) is 3.24. The molecule has 82 valence electrons. The number of hydrogen-bond acceptors (Lipinski definition) is 3. The molecule has 0 aliphatic heterocycles. The average molecular weight is 208 g/mol. The minimum Gasteiger partial charge on any atom is -0.492 e. The van der Waals surface area contributed by atoms with Crippen LogP contribution in [0.4, 0.5) is 0 Å². The van der Waals surface area contributed by atoms with E-state index in [1.807, 2.05) is 6.92 Å². The number of carbonyl (C=O) groups excluding carboxylic acids is 1. The zero-order chi connectivity index (χ0) is 11.3. The average Bonchev–Trinajstić information content (AvgIpc) is 2.25. The summed E-state index contributed by atoms with van der Waals surface area (Å²) in [5.74, 6) is 1.14. The van der Waals surface area contributed by atoms with Crippen molar-refractivity contribution in [1.29, 1.82) is 0 Å². The largest absolute Gasteiger partial charge is 0.492 e. The van der Waals surface area contributed by atoms with Gasteiger partial charge in [0.25, 0.3) is 0 Å². The number of para-hydroxylation sites is 1. The summed E-state index contributed by atoms with van der Waals surface area (Å²) in [7, 11) is 1.54. The minimum absolute atomic E-state index is 0.0196. The van der Waals surface area contributed by atoms with Crippen LogP contribution in [0.15, 0.2) is 18.2 Å². The molecule has 0 aliphatic rings. The molecule has 0 amide bonds. The fourth-order valence-electron chi connectivity index (χ4n) is 1.33. The Kier molecular flexibility index (Phi) is 4.16. The molecule has 15 heavy (non-hydrogen) atoms. The van der Waals surface area contributed by atoms with Crippen molar-refractivity contribution in [2.45, 2.75) is 20.3 Å². The molecule has 1 rings (SSSR count). The minimum atomic E-state index is -0.0196. The van der Waals surface area contributed by atoms with E-state index in [1.165, 1.54) is 6.92 Å². The van der Waals surface area contributed by atoms with Crippen LogP contribution in [0.1, 0.15) is 30.6 Å². The van der Waals surface area contributed by atoms with E-state index < -0.39 is 0 Å². The maximum absolute atomic E-state index is 11.3. The second-order valence-corrected chi connectivity index (χ2v) is 3.24. The highest BCUT2D eigenvalue weighted by Gasteiger charge is 2.12. The van der Waals surface area contributed by atoms with Gasteiger partial charge in [-0.05, 0) is 25.5 Å². The molecule has 0 aromatic heterocycles. The van der Waals surface area contributed by atoms with Crippen LogP contribution in [0.5, 0.6) is 11.5 Å². The maximum Gasteiger partial charge on any atom is 0.171 e. The fourth-order valence-corrected chi connectivity index (χ4v) is 1.33. The van der Waals surface area contributed by atoms with E-state index in [1.54, 1.807) is 25.3 Å². The first-order valence-electron chi connectivity index (χ1n) is 5.01. The van der Waals surface area contributed by atoms with E-state index in [2.05, 4.69) is 0 Å². The third-order valence-electron chi connectivity index (χ3n) is 2.02. The molecule has 0 atom stereocenters. The van der Waals surface area contributed by atoms with Gasteiger partial charge in [-0.3, -0.25) is 4.79 Å². The van der Waals surface area contributed by atoms with Gasteiger partial charge in [0.15, 0.2) is 17.3 Å². The Morgan fingerprint density at radius 1 is 1.40 bits per heavy atom. The van der Waals surface area contributed by atoms with Crippen molar-refractivity contribution in [3.05, 3.63) is 23.8 Å². The molecule has 3 heteroatoms. The van der Waals surface area contributed by atoms with E-state index in [9.17, 15) is 4.79 Å². The molecule has 1 aromatic carbocycles. The Hall–Kier alpha value is -1.51. The summed E-state index contributed by atoms with van der Waals surface area (Å²) in [6, 6.07) is 5.34. The molecular weight excluding hydrogens is 192 g/mol. The zero-order valence-corrected chi connectivity index (χ0v) is 9.37. The highest BCUT2D eigenvalue weighted by molar-refractivity contribution is 5.97. The Labute approximate surface area is 90.0 Å². The standard InChI is InChI=1S/C12H16O3/c1-4-8-15-11-7-5-6-10(9(2)13)12(11)14-3/h5-7H,4,8H2,1-3H3. The van der Waals surface area contributed by atoms with Crippen LogP contribution in [0.25, 0.3) is 0 Å². The van der Waals surface area contributed by atoms with Gasteiger partial charge in [-0.1, -0.05) is 13.0 Å². The van der Waals surface area contributed by atoms with Gasteiger partial charge < -0.3 is 9.47 Å². The first-order chi connectivity index (χ1) is 7.20. The van der Waals surface area contributed by atoms with Crippen molar-refractivity contribution in [3.8, 4) is 11.5 Å². The van der Waals surface area contributed by atoms with Gasteiger partial charge in [0, 0.05) is 0 Å². The molecule has 0 aliphatic carbocycles. The quantitative estimate of drug-likeness (QED) is 0.698. The molecule has 0 spiro atoms. The number of benzene rings is 1. The van der Waals surface area contributed by atoms with Gasteiger partial charge in [-0.25, -0.2) is 0 Å². The Balaban J connectivity index is 3.04. The van der Waals surface area contributed by atoms with E-state index in [-0.39, 0.29) is 5.78 Å². The number of ether oxygens (including phenoxy) is 2. The number of rotatable bonds is 5. The number of ketones is 1. The van der Waals surface area contributed by atoms with Gasteiger partial charge in [-0.2, -0.15) is 0 Å². The molecular formula is C12H16O3. The summed E-state index contributed by atoms with van der Waals surface area (Å²) in [4.78, 5) is 11.3. The third-order valence-corrected chi connectivity index (χ3v) is 2.02. The summed E-state index contributed by atoms with van der Waals surface area (Å²) in [5.41, 5.74) is 0.561. The van der Waals surface area contributed by atoms with Gasteiger partial charge in [0.2, 0.25) is 0 Å². The first kappa shape index (κ1) is 11.6. The summed E-state index contributed by atoms with van der Waals surface area (Å²) in [6.07, 6.45) is 0.924. The highest BCUT2D eigenvalue weighted by atomic mass is 16.5. The van der Waals surface area contributed by atoms with Crippen molar-refractivity contribution in [2.75, 3.05) is 13.7 Å². The van der Waals surface area contributed by atoms with Crippen molar-refractivity contribution in [2.24, 2.45) is 0 Å². The topological polar surface area (TPSA) is 35.5 Å². The lowest BCUT2D eigenvalue weighted by Gasteiger charge is -2.12. The highest BCUT2D eigenvalue weighted by Crippen LogP contribution is 2.31. The monoisotopic (exact) mass is 208 g/mol. The molecule has 0 saturated heterocycles. The van der Waals surface area contributed by atoms with Crippen LogP contribution in [-0.2, 0) is 0 Å². The van der Waals surface area contributed by atoms with E-state index >= 15 is 0 Å². The molecule has 1 aromatic rings. The van der Waals surface area contributed by atoms with Crippen molar-refractivity contribution in [3.63, 3.8) is 0 Å². The smallest absolute Gasteiger partial charge is 0.171 e. The van der Waals surface area contributed by atoms with Crippen LogP contribution in [0, 0.1) is 0 Å². The second kappa shape index (κ2) is 5.39. The van der Waals surface area contributed by atoms with Crippen LogP contribution < -0.4 is 9.47 Å². The Bertz CT molecular complexity index is 345. The lowest BCUT2D eigenvalue weighted by Crippen LogP contribution is -2.02. The predicted molar refractivity (Wildman–Crippen MR) is 58.8 cm³/mol. The van der Waals surface area contributed by atoms with Gasteiger partial charge in [0.1, 0.15) is 0 Å². The van der Waals surface area contributed by atoms with Crippen molar-refractivity contribution in [1.82, 2.24) is 0 Å². The van der Waals surface area contributed by atoms with Crippen LogP contribution in [-0.4, -0.2) is 19.5 Å². The normalized spacial score (nSPS) is 9.80. The number of Topliss-reactive ketones (excluding diaryl/α,β-unsaturated/α-hetero) is 1.